The van der Waals surface area contributed by atoms with Crippen LogP contribution in [-0.2, 0) is 21.2 Å². The van der Waals surface area contributed by atoms with Gasteiger partial charge in [0.2, 0.25) is 15.9 Å². The molecular formula is C18H22N2O3S3. The Labute approximate surface area is 162 Å². The maximum absolute atomic E-state index is 12.7. The molecule has 0 bridgehead atoms. The van der Waals surface area contributed by atoms with Crippen LogP contribution in [-0.4, -0.2) is 32.7 Å². The fraction of sp³-hybridized carbons (Fsp3) is 0.389. The van der Waals surface area contributed by atoms with Crippen LogP contribution in [0.1, 0.15) is 24.3 Å². The molecule has 0 saturated heterocycles. The number of fused-ring (bicyclic) bond motifs is 1. The van der Waals surface area contributed by atoms with Gasteiger partial charge < -0.3 is 4.90 Å². The van der Waals surface area contributed by atoms with E-state index in [1.54, 1.807) is 46.2 Å². The second kappa shape index (κ2) is 7.72. The third kappa shape index (κ3) is 4.14. The van der Waals surface area contributed by atoms with E-state index in [1.165, 1.54) is 17.4 Å². The molecule has 1 N–H and O–H groups in total. The smallest absolute Gasteiger partial charge is 0.240 e. The number of hydrogen-bond donors (Lipinski definition) is 1. The monoisotopic (exact) mass is 410 g/mol. The SMILES string of the molecule is CC(=O)N1C[C@@H](C)Sc2ccc(S(=O)(=O)NCCc3sccc3C)cc21. The van der Waals surface area contributed by atoms with Crippen LogP contribution in [0.3, 0.4) is 0 Å². The van der Waals surface area contributed by atoms with Gasteiger partial charge in [0.15, 0.2) is 0 Å². The first-order valence-corrected chi connectivity index (χ1v) is 11.6. The van der Waals surface area contributed by atoms with Gasteiger partial charge in [0.1, 0.15) is 0 Å². The van der Waals surface area contributed by atoms with Gasteiger partial charge in [0.05, 0.1) is 10.6 Å². The molecule has 1 atom stereocenters. The number of thioether (sulfide) groups is 1. The summed E-state index contributed by atoms with van der Waals surface area (Å²) in [5.74, 6) is -0.0749. The van der Waals surface area contributed by atoms with Crippen LogP contribution >= 0.6 is 23.1 Å². The van der Waals surface area contributed by atoms with Gasteiger partial charge in [-0.3, -0.25) is 4.79 Å². The number of aryl methyl sites for hydroxylation is 1. The quantitative estimate of drug-likeness (QED) is 0.820. The van der Waals surface area contributed by atoms with Crippen LogP contribution in [0.4, 0.5) is 5.69 Å². The molecule has 0 saturated carbocycles. The number of anilines is 1. The lowest BCUT2D eigenvalue weighted by molar-refractivity contribution is -0.116. The van der Waals surface area contributed by atoms with Gasteiger partial charge in [-0.05, 0) is 48.6 Å². The Morgan fingerprint density at radius 2 is 2.12 bits per heavy atom. The molecule has 1 aliphatic heterocycles. The number of nitrogens with zero attached hydrogens (tertiary/aromatic N) is 1. The number of carbonyl (C=O) groups excluding carboxylic acids is 1. The topological polar surface area (TPSA) is 66.5 Å². The third-order valence-electron chi connectivity index (χ3n) is 4.29. The van der Waals surface area contributed by atoms with Crippen molar-refractivity contribution in [1.82, 2.24) is 4.72 Å². The molecule has 2 aromatic rings. The van der Waals surface area contributed by atoms with E-state index in [0.29, 0.717) is 25.2 Å². The molecule has 0 radical (unpaired) electrons. The summed E-state index contributed by atoms with van der Waals surface area (Å²) in [6.07, 6.45) is 0.667. The van der Waals surface area contributed by atoms with Crippen LogP contribution in [0.5, 0.6) is 0 Å². The standard InChI is InChI=1S/C18H22N2O3S3/c1-12-7-9-24-17(12)6-8-19-26(22,23)15-4-5-18-16(10-15)20(14(3)21)11-13(2)25-18/h4-5,7,9-10,13,19H,6,8,11H2,1-3H3/t13-/m1/s1. The summed E-state index contributed by atoms with van der Waals surface area (Å²) in [4.78, 5) is 15.9. The highest BCUT2D eigenvalue weighted by Crippen LogP contribution is 2.39. The average Bonchev–Trinajstić information content (AvgIpc) is 2.98. The van der Waals surface area contributed by atoms with E-state index in [0.717, 1.165) is 4.90 Å². The van der Waals surface area contributed by atoms with Crippen molar-refractivity contribution in [2.75, 3.05) is 18.0 Å². The lowest BCUT2D eigenvalue weighted by Crippen LogP contribution is -2.37. The number of rotatable bonds is 5. The molecule has 1 aliphatic rings. The number of amides is 1. The largest absolute Gasteiger partial charge is 0.310 e. The Hall–Kier alpha value is -1.35. The molecule has 0 spiro atoms. The maximum atomic E-state index is 12.7. The lowest BCUT2D eigenvalue weighted by Gasteiger charge is -2.32. The first-order chi connectivity index (χ1) is 12.3. The molecular weight excluding hydrogens is 388 g/mol. The molecule has 1 aromatic carbocycles. The zero-order chi connectivity index (χ0) is 18.9. The fourth-order valence-electron chi connectivity index (χ4n) is 2.93. The molecule has 2 heterocycles. The summed E-state index contributed by atoms with van der Waals surface area (Å²) in [6.45, 7) is 6.53. The van der Waals surface area contributed by atoms with E-state index in [1.807, 2.05) is 18.4 Å². The van der Waals surface area contributed by atoms with Crippen LogP contribution in [0.25, 0.3) is 0 Å². The van der Waals surface area contributed by atoms with Gasteiger partial charge in [0.25, 0.3) is 0 Å². The molecule has 8 heteroatoms. The van der Waals surface area contributed by atoms with E-state index in [4.69, 9.17) is 0 Å². The van der Waals surface area contributed by atoms with Crippen molar-refractivity contribution < 1.29 is 13.2 Å². The fourth-order valence-corrected chi connectivity index (χ4v) is 5.98. The number of thiophene rings is 1. The molecule has 1 amide bonds. The van der Waals surface area contributed by atoms with Crippen molar-refractivity contribution in [3.05, 3.63) is 40.1 Å². The molecule has 1 aromatic heterocycles. The normalized spacial score (nSPS) is 17.2. The predicted octanol–water partition coefficient (Wildman–Crippen LogP) is 3.42. The lowest BCUT2D eigenvalue weighted by atomic mass is 10.2. The summed E-state index contributed by atoms with van der Waals surface area (Å²) < 4.78 is 28.0. The highest BCUT2D eigenvalue weighted by Gasteiger charge is 2.27. The minimum Gasteiger partial charge on any atom is -0.310 e. The summed E-state index contributed by atoms with van der Waals surface area (Å²) in [5, 5.41) is 2.29. The second-order valence-corrected chi connectivity index (χ2v) is 10.6. The molecule has 5 nitrogen and oxygen atoms in total. The maximum Gasteiger partial charge on any atom is 0.240 e. The number of carbonyl (C=O) groups is 1. The molecule has 0 fully saturated rings. The van der Waals surface area contributed by atoms with Crippen LogP contribution < -0.4 is 9.62 Å². The van der Waals surface area contributed by atoms with Gasteiger partial charge in [-0.15, -0.1) is 23.1 Å². The molecule has 0 aliphatic carbocycles. The van der Waals surface area contributed by atoms with Gasteiger partial charge >= 0.3 is 0 Å². The van der Waals surface area contributed by atoms with Crippen LogP contribution in [0.2, 0.25) is 0 Å². The van der Waals surface area contributed by atoms with Crippen molar-refractivity contribution in [3.63, 3.8) is 0 Å². The minimum atomic E-state index is -3.62. The van der Waals surface area contributed by atoms with E-state index in [9.17, 15) is 13.2 Å². The Morgan fingerprint density at radius 1 is 1.35 bits per heavy atom. The average molecular weight is 411 g/mol. The van der Waals surface area contributed by atoms with Crippen LogP contribution in [0, 0.1) is 6.92 Å². The van der Waals surface area contributed by atoms with E-state index in [-0.39, 0.29) is 16.1 Å². The van der Waals surface area contributed by atoms with Gasteiger partial charge in [-0.2, -0.15) is 0 Å². The summed E-state index contributed by atoms with van der Waals surface area (Å²) in [6, 6.07) is 7.05. The van der Waals surface area contributed by atoms with Crippen molar-refractivity contribution >= 4 is 44.7 Å². The first kappa shape index (κ1) is 19.4. The van der Waals surface area contributed by atoms with Gasteiger partial charge in [-0.25, -0.2) is 13.1 Å². The molecule has 140 valence electrons. The molecule has 3 rings (SSSR count). The van der Waals surface area contributed by atoms with Crippen LogP contribution in [0.15, 0.2) is 39.4 Å². The highest BCUT2D eigenvalue weighted by molar-refractivity contribution is 8.00. The summed E-state index contributed by atoms with van der Waals surface area (Å²) in [7, 11) is -3.62. The Balaban J connectivity index is 1.79. The highest BCUT2D eigenvalue weighted by atomic mass is 32.2. The number of benzene rings is 1. The zero-order valence-electron chi connectivity index (χ0n) is 15.0. The summed E-state index contributed by atoms with van der Waals surface area (Å²) in [5.41, 5.74) is 1.86. The second-order valence-electron chi connectivity index (χ2n) is 6.36. The van der Waals surface area contributed by atoms with Crippen molar-refractivity contribution in [2.45, 2.75) is 42.2 Å². The van der Waals surface area contributed by atoms with Crippen molar-refractivity contribution in [1.29, 1.82) is 0 Å². The first-order valence-electron chi connectivity index (χ1n) is 8.39. The minimum absolute atomic E-state index is 0.0749. The van der Waals surface area contributed by atoms with Crippen molar-refractivity contribution in [2.24, 2.45) is 0 Å². The Bertz CT molecular complexity index is 922. The molecule has 26 heavy (non-hydrogen) atoms. The third-order valence-corrected chi connectivity index (χ3v) is 7.98. The van der Waals surface area contributed by atoms with E-state index in [2.05, 4.69) is 11.6 Å². The van der Waals surface area contributed by atoms with Gasteiger partial charge in [0, 0.05) is 35.0 Å². The summed E-state index contributed by atoms with van der Waals surface area (Å²) >= 11 is 3.30. The predicted molar refractivity (Wildman–Crippen MR) is 108 cm³/mol. The van der Waals surface area contributed by atoms with E-state index < -0.39 is 10.0 Å². The van der Waals surface area contributed by atoms with Crippen molar-refractivity contribution in [3.8, 4) is 0 Å². The number of sulfonamides is 1. The number of nitrogens with one attached hydrogen (secondary N) is 1. The Morgan fingerprint density at radius 3 is 2.77 bits per heavy atom. The van der Waals surface area contributed by atoms with E-state index >= 15 is 0 Å². The Kier molecular flexibility index (Phi) is 5.76. The molecule has 0 unspecified atom stereocenters. The number of hydrogen-bond acceptors (Lipinski definition) is 5. The zero-order valence-corrected chi connectivity index (χ0v) is 17.4. The van der Waals surface area contributed by atoms with Gasteiger partial charge in [-0.1, -0.05) is 6.92 Å².